The Balaban J connectivity index is 2.01. The molecule has 0 bridgehead atoms. The molecule has 0 aromatic carbocycles. The smallest absolute Gasteiger partial charge is 0.333 e. The number of piperidine rings is 1. The molecule has 0 unspecified atom stereocenters. The number of urea groups is 1. The highest BCUT2D eigenvalue weighted by Gasteiger charge is 2.43. The van der Waals surface area contributed by atoms with Crippen molar-refractivity contribution in [1.29, 1.82) is 5.26 Å². The molecule has 2 heterocycles. The zero-order valence-electron chi connectivity index (χ0n) is 13.3. The van der Waals surface area contributed by atoms with Crippen LogP contribution in [0.15, 0.2) is 6.20 Å². The van der Waals surface area contributed by atoms with Crippen LogP contribution in [0.25, 0.3) is 0 Å². The first-order valence-electron chi connectivity index (χ1n) is 7.22. The summed E-state index contributed by atoms with van der Waals surface area (Å²) in [4.78, 5) is 25.4. The number of hydrogen-bond acceptors (Lipinski definition) is 5. The molecule has 0 radical (unpaired) electrons. The lowest BCUT2D eigenvalue weighted by Crippen LogP contribution is -2.47. The van der Waals surface area contributed by atoms with Gasteiger partial charge in [-0.3, -0.25) is 4.79 Å². The van der Waals surface area contributed by atoms with E-state index in [1.807, 2.05) is 6.07 Å². The second kappa shape index (κ2) is 6.82. The summed E-state index contributed by atoms with van der Waals surface area (Å²) in [6, 6.07) is 1.48. The Labute approximate surface area is 137 Å². The second-order valence-corrected chi connectivity index (χ2v) is 5.49. The van der Waals surface area contributed by atoms with Gasteiger partial charge in [-0.2, -0.15) is 19.1 Å². The molecule has 0 saturated carbocycles. The van der Waals surface area contributed by atoms with Crippen LogP contribution in [0.3, 0.4) is 0 Å². The molecule has 10 heteroatoms. The molecule has 1 N–H and O–H groups in total. The second-order valence-electron chi connectivity index (χ2n) is 5.49. The number of nitrogens with one attached hydrogen (secondary N) is 1. The van der Waals surface area contributed by atoms with Gasteiger partial charge in [0.25, 0.3) is 0 Å². The van der Waals surface area contributed by atoms with Crippen LogP contribution >= 0.6 is 0 Å². The number of halogens is 2. The molecule has 1 aromatic rings. The van der Waals surface area contributed by atoms with Crippen molar-refractivity contribution in [1.82, 2.24) is 14.7 Å². The molecule has 0 spiro atoms. The van der Waals surface area contributed by atoms with E-state index in [1.54, 1.807) is 0 Å². The van der Waals surface area contributed by atoms with E-state index in [9.17, 15) is 23.6 Å². The SMILES string of the molecule is COC(=O)C1(C#N)CCN(C(=O)Nc2cn(C(F)F)nc2C)CC1. The van der Waals surface area contributed by atoms with E-state index in [-0.39, 0.29) is 37.3 Å². The Morgan fingerprint density at radius 1 is 1.46 bits per heavy atom. The third-order valence-corrected chi connectivity index (χ3v) is 4.05. The van der Waals surface area contributed by atoms with E-state index in [4.69, 9.17) is 0 Å². The predicted octanol–water partition coefficient (Wildman–Crippen LogP) is 1.90. The van der Waals surface area contributed by atoms with E-state index in [0.717, 1.165) is 6.20 Å². The summed E-state index contributed by atoms with van der Waals surface area (Å²) in [5.74, 6) is -0.612. The van der Waals surface area contributed by atoms with Crippen LogP contribution in [0.4, 0.5) is 19.3 Å². The first-order chi connectivity index (χ1) is 11.3. The van der Waals surface area contributed by atoms with Gasteiger partial charge in [0, 0.05) is 13.1 Å². The number of aromatic nitrogens is 2. The van der Waals surface area contributed by atoms with Gasteiger partial charge in [0.2, 0.25) is 0 Å². The lowest BCUT2D eigenvalue weighted by atomic mass is 9.80. The molecule has 1 saturated heterocycles. The van der Waals surface area contributed by atoms with Gasteiger partial charge in [-0.1, -0.05) is 0 Å². The van der Waals surface area contributed by atoms with Crippen LogP contribution in [0.1, 0.15) is 25.1 Å². The predicted molar refractivity (Wildman–Crippen MR) is 78.1 cm³/mol. The summed E-state index contributed by atoms with van der Waals surface area (Å²) < 4.78 is 30.3. The number of carbonyl (C=O) groups excluding carboxylic acids is 2. The maximum Gasteiger partial charge on any atom is 0.333 e. The number of likely N-dealkylation sites (tertiary alicyclic amines) is 1. The number of anilines is 1. The van der Waals surface area contributed by atoms with Crippen LogP contribution in [0.2, 0.25) is 0 Å². The van der Waals surface area contributed by atoms with Gasteiger partial charge in [-0.15, -0.1) is 0 Å². The fraction of sp³-hybridized carbons (Fsp3) is 0.571. The summed E-state index contributed by atoms with van der Waals surface area (Å²) >= 11 is 0. The van der Waals surface area contributed by atoms with Crippen molar-refractivity contribution < 1.29 is 23.1 Å². The number of carbonyl (C=O) groups is 2. The Morgan fingerprint density at radius 2 is 2.08 bits per heavy atom. The number of methoxy groups -OCH3 is 1. The lowest BCUT2D eigenvalue weighted by molar-refractivity contribution is -0.151. The minimum Gasteiger partial charge on any atom is -0.468 e. The quantitative estimate of drug-likeness (QED) is 0.846. The van der Waals surface area contributed by atoms with Crippen LogP contribution in [0, 0.1) is 23.7 Å². The van der Waals surface area contributed by atoms with E-state index < -0.39 is 24.0 Å². The number of amides is 2. The maximum atomic E-state index is 12.6. The fourth-order valence-corrected chi connectivity index (χ4v) is 2.55. The third kappa shape index (κ3) is 3.29. The normalized spacial score (nSPS) is 16.6. The molecular weight excluding hydrogens is 324 g/mol. The van der Waals surface area contributed by atoms with E-state index >= 15 is 0 Å². The van der Waals surface area contributed by atoms with E-state index in [0.29, 0.717) is 4.68 Å². The molecule has 1 aromatic heterocycles. The molecule has 2 amide bonds. The largest absolute Gasteiger partial charge is 0.468 e. The summed E-state index contributed by atoms with van der Waals surface area (Å²) in [6.07, 6.45) is 1.35. The number of esters is 1. The van der Waals surface area contributed by atoms with Crippen LogP contribution < -0.4 is 5.32 Å². The van der Waals surface area contributed by atoms with Gasteiger partial charge in [0.1, 0.15) is 0 Å². The number of rotatable bonds is 3. The van der Waals surface area contributed by atoms with Gasteiger partial charge in [-0.25, -0.2) is 9.48 Å². The number of aryl methyl sites for hydroxylation is 1. The standard InChI is InChI=1S/C14H17F2N5O3/c1-9-10(7-21(19-9)12(15)16)18-13(23)20-5-3-14(8-17,4-6-20)11(22)24-2/h7,12H,3-6H2,1-2H3,(H,18,23). The highest BCUT2D eigenvalue weighted by atomic mass is 19.3. The van der Waals surface area contributed by atoms with Gasteiger partial charge < -0.3 is 15.0 Å². The summed E-state index contributed by atoms with van der Waals surface area (Å²) in [6.45, 7) is -0.934. The van der Waals surface area contributed by atoms with Crippen LogP contribution in [-0.2, 0) is 9.53 Å². The molecule has 1 aliphatic rings. The fourth-order valence-electron chi connectivity index (χ4n) is 2.55. The maximum absolute atomic E-state index is 12.6. The molecule has 1 aliphatic heterocycles. The van der Waals surface area contributed by atoms with E-state index in [1.165, 1.54) is 18.9 Å². The van der Waals surface area contributed by atoms with Crippen molar-refractivity contribution in [3.05, 3.63) is 11.9 Å². The van der Waals surface area contributed by atoms with Crippen molar-refractivity contribution in [3.63, 3.8) is 0 Å². The van der Waals surface area contributed by atoms with Crippen LogP contribution in [-0.4, -0.2) is 46.9 Å². The van der Waals surface area contributed by atoms with Crippen molar-refractivity contribution in [2.45, 2.75) is 26.3 Å². The van der Waals surface area contributed by atoms with Gasteiger partial charge in [0.15, 0.2) is 5.41 Å². The minimum atomic E-state index is -2.79. The average Bonchev–Trinajstić information content (AvgIpc) is 2.95. The molecule has 1 fully saturated rings. The molecule has 2 rings (SSSR count). The van der Waals surface area contributed by atoms with Crippen molar-refractivity contribution in [3.8, 4) is 6.07 Å². The first-order valence-corrected chi connectivity index (χ1v) is 7.22. The topological polar surface area (TPSA) is 100 Å². The van der Waals surface area contributed by atoms with Gasteiger partial charge >= 0.3 is 18.5 Å². The molecular formula is C14H17F2N5O3. The average molecular weight is 341 g/mol. The van der Waals surface area contributed by atoms with Gasteiger partial charge in [0.05, 0.1) is 30.8 Å². The molecule has 130 valence electrons. The minimum absolute atomic E-state index is 0.152. The summed E-state index contributed by atoms with van der Waals surface area (Å²) in [5, 5.41) is 15.4. The monoisotopic (exact) mass is 341 g/mol. The zero-order valence-corrected chi connectivity index (χ0v) is 13.3. The highest BCUT2D eigenvalue weighted by Crippen LogP contribution is 2.32. The zero-order chi connectivity index (χ0) is 17.9. The third-order valence-electron chi connectivity index (χ3n) is 4.05. The van der Waals surface area contributed by atoms with Crippen molar-refractivity contribution in [2.24, 2.45) is 5.41 Å². The van der Waals surface area contributed by atoms with Crippen molar-refractivity contribution >= 4 is 17.7 Å². The molecule has 0 aliphatic carbocycles. The number of nitrogens with zero attached hydrogens (tertiary/aromatic N) is 4. The Kier molecular flexibility index (Phi) is 5.02. The molecule has 8 nitrogen and oxygen atoms in total. The van der Waals surface area contributed by atoms with E-state index in [2.05, 4.69) is 15.2 Å². The number of ether oxygens (including phenoxy) is 1. The van der Waals surface area contributed by atoms with Crippen LogP contribution in [0.5, 0.6) is 0 Å². The summed E-state index contributed by atoms with van der Waals surface area (Å²) in [5.41, 5.74) is -0.797. The highest BCUT2D eigenvalue weighted by molar-refractivity contribution is 5.90. The Hall–Kier alpha value is -2.70. The molecule has 0 atom stereocenters. The van der Waals surface area contributed by atoms with Gasteiger partial charge in [-0.05, 0) is 19.8 Å². The first kappa shape index (κ1) is 17.7. The van der Waals surface area contributed by atoms with Crippen molar-refractivity contribution in [2.75, 3.05) is 25.5 Å². The summed E-state index contributed by atoms with van der Waals surface area (Å²) in [7, 11) is 1.21. The lowest BCUT2D eigenvalue weighted by Gasteiger charge is -2.35. The molecule has 24 heavy (non-hydrogen) atoms. The number of alkyl halides is 2. The Morgan fingerprint density at radius 3 is 2.54 bits per heavy atom. The Bertz CT molecular complexity index is 674. The number of hydrogen-bond donors (Lipinski definition) is 1. The number of nitriles is 1.